The summed E-state index contributed by atoms with van der Waals surface area (Å²) in [5.41, 5.74) is 2.39. The lowest BCUT2D eigenvalue weighted by molar-refractivity contribution is 0.340. The van der Waals surface area contributed by atoms with Crippen molar-refractivity contribution in [1.82, 2.24) is 0 Å². The van der Waals surface area contributed by atoms with E-state index in [4.69, 9.17) is 10.2 Å². The van der Waals surface area contributed by atoms with E-state index in [2.05, 4.69) is 0 Å². The van der Waals surface area contributed by atoms with Crippen molar-refractivity contribution in [2.24, 2.45) is 0 Å². The Morgan fingerprint density at radius 1 is 0.917 bits per heavy atom. The maximum Gasteiger partial charge on any atom is 0.0614 e. The smallest absolute Gasteiger partial charge is 0.0614 e. The van der Waals surface area contributed by atoms with Crippen LogP contribution in [0.2, 0.25) is 0 Å². The molecule has 0 radical (unpaired) electrons. The van der Waals surface area contributed by atoms with Crippen molar-refractivity contribution >= 4 is 0 Å². The molecule has 0 bridgehead atoms. The Bertz CT molecular complexity index is 149. The Morgan fingerprint density at radius 2 is 1.25 bits per heavy atom. The third-order valence-corrected chi connectivity index (χ3v) is 1.79. The topological polar surface area (TPSA) is 40.5 Å². The predicted molar refractivity (Wildman–Crippen MR) is 50.9 cm³/mol. The predicted octanol–water partition coefficient (Wildman–Crippen LogP) is 1.64. The van der Waals surface area contributed by atoms with E-state index in [0.717, 1.165) is 12.8 Å². The monoisotopic (exact) mass is 170 g/mol. The van der Waals surface area contributed by atoms with E-state index in [1.807, 2.05) is 26.0 Å². The minimum Gasteiger partial charge on any atom is -0.392 e. The van der Waals surface area contributed by atoms with Crippen molar-refractivity contribution in [3.8, 4) is 0 Å². The van der Waals surface area contributed by atoms with Gasteiger partial charge in [0.1, 0.15) is 0 Å². The van der Waals surface area contributed by atoms with E-state index < -0.39 is 0 Å². The molecule has 0 saturated carbocycles. The summed E-state index contributed by atoms with van der Waals surface area (Å²) in [7, 11) is 0. The molecule has 0 fully saturated rings. The van der Waals surface area contributed by atoms with Gasteiger partial charge in [0.25, 0.3) is 0 Å². The van der Waals surface area contributed by atoms with Crippen LogP contribution < -0.4 is 0 Å². The highest BCUT2D eigenvalue weighted by molar-refractivity contribution is 5.05. The lowest BCUT2D eigenvalue weighted by atomic mass is 10.1. The van der Waals surface area contributed by atoms with Gasteiger partial charge in [0.2, 0.25) is 0 Å². The van der Waals surface area contributed by atoms with Crippen LogP contribution in [0, 0.1) is 0 Å². The Hall–Kier alpha value is -0.600. The van der Waals surface area contributed by atoms with E-state index in [0.29, 0.717) is 0 Å². The zero-order valence-electron chi connectivity index (χ0n) is 7.88. The zero-order chi connectivity index (χ0) is 9.40. The molecule has 0 amide bonds. The van der Waals surface area contributed by atoms with Crippen LogP contribution in [0.4, 0.5) is 0 Å². The fourth-order valence-corrected chi connectivity index (χ4v) is 0.910. The van der Waals surface area contributed by atoms with Gasteiger partial charge in [-0.2, -0.15) is 0 Å². The summed E-state index contributed by atoms with van der Waals surface area (Å²) in [6.45, 7) is 4.24. The molecular weight excluding hydrogens is 152 g/mol. The maximum atomic E-state index is 8.57. The molecule has 0 aliphatic carbocycles. The summed E-state index contributed by atoms with van der Waals surface area (Å²) in [5, 5.41) is 17.1. The molecule has 0 aromatic rings. The Balaban J connectivity index is 3.68. The van der Waals surface area contributed by atoms with E-state index in [1.165, 1.54) is 11.1 Å². The maximum absolute atomic E-state index is 8.57. The number of hydrogen-bond acceptors (Lipinski definition) is 2. The first-order valence-electron chi connectivity index (χ1n) is 4.23. The number of aliphatic hydroxyl groups excluding tert-OH is 2. The quantitative estimate of drug-likeness (QED) is 0.616. The van der Waals surface area contributed by atoms with Gasteiger partial charge in [-0.15, -0.1) is 0 Å². The Kier molecular flexibility index (Phi) is 6.72. The van der Waals surface area contributed by atoms with Crippen molar-refractivity contribution in [2.75, 3.05) is 13.2 Å². The zero-order valence-corrected chi connectivity index (χ0v) is 7.88. The van der Waals surface area contributed by atoms with Crippen molar-refractivity contribution in [3.63, 3.8) is 0 Å². The van der Waals surface area contributed by atoms with Crippen LogP contribution in [-0.4, -0.2) is 23.4 Å². The number of hydrogen-bond donors (Lipinski definition) is 2. The van der Waals surface area contributed by atoms with Gasteiger partial charge in [-0.1, -0.05) is 23.3 Å². The second-order valence-corrected chi connectivity index (χ2v) is 2.97. The van der Waals surface area contributed by atoms with Gasteiger partial charge in [-0.3, -0.25) is 0 Å². The second kappa shape index (κ2) is 7.07. The molecule has 0 heterocycles. The number of rotatable bonds is 5. The molecule has 0 saturated heterocycles. The van der Waals surface area contributed by atoms with E-state index in [9.17, 15) is 0 Å². The molecule has 0 aromatic carbocycles. The van der Waals surface area contributed by atoms with Crippen LogP contribution in [0.3, 0.4) is 0 Å². The summed E-state index contributed by atoms with van der Waals surface area (Å²) in [4.78, 5) is 0. The summed E-state index contributed by atoms with van der Waals surface area (Å²) in [6.07, 6.45) is 5.55. The van der Waals surface area contributed by atoms with Gasteiger partial charge in [0, 0.05) is 0 Å². The highest BCUT2D eigenvalue weighted by Crippen LogP contribution is 2.09. The third-order valence-electron chi connectivity index (χ3n) is 1.79. The molecule has 0 aliphatic heterocycles. The van der Waals surface area contributed by atoms with Crippen LogP contribution in [0.15, 0.2) is 23.3 Å². The van der Waals surface area contributed by atoms with Crippen molar-refractivity contribution in [3.05, 3.63) is 23.3 Å². The van der Waals surface area contributed by atoms with Gasteiger partial charge in [0.05, 0.1) is 13.2 Å². The van der Waals surface area contributed by atoms with E-state index in [1.54, 1.807) is 0 Å². The Morgan fingerprint density at radius 3 is 1.50 bits per heavy atom. The third kappa shape index (κ3) is 6.13. The largest absolute Gasteiger partial charge is 0.392 e. The molecule has 0 aromatic heterocycles. The molecule has 12 heavy (non-hydrogen) atoms. The fourth-order valence-electron chi connectivity index (χ4n) is 0.910. The molecule has 70 valence electrons. The SMILES string of the molecule is CC(=CCO)CCC(C)=CCO. The number of allylic oxidation sites excluding steroid dienone is 2. The first-order chi connectivity index (χ1) is 5.70. The highest BCUT2D eigenvalue weighted by Gasteiger charge is 1.91. The van der Waals surface area contributed by atoms with E-state index in [-0.39, 0.29) is 13.2 Å². The molecule has 0 aliphatic rings. The van der Waals surface area contributed by atoms with Crippen LogP contribution in [0.5, 0.6) is 0 Å². The molecule has 2 nitrogen and oxygen atoms in total. The molecule has 0 rings (SSSR count). The van der Waals surface area contributed by atoms with Crippen molar-refractivity contribution in [1.29, 1.82) is 0 Å². The average molecular weight is 170 g/mol. The lowest BCUT2D eigenvalue weighted by Gasteiger charge is -2.00. The van der Waals surface area contributed by atoms with Crippen molar-refractivity contribution in [2.45, 2.75) is 26.7 Å². The fraction of sp³-hybridized carbons (Fsp3) is 0.600. The van der Waals surface area contributed by atoms with Crippen molar-refractivity contribution < 1.29 is 10.2 Å². The summed E-state index contributed by atoms with van der Waals surface area (Å²) in [5.74, 6) is 0. The second-order valence-electron chi connectivity index (χ2n) is 2.97. The summed E-state index contributed by atoms with van der Waals surface area (Å²) < 4.78 is 0. The molecule has 2 heteroatoms. The molecule has 2 N–H and O–H groups in total. The number of aliphatic hydroxyl groups is 2. The molecule has 0 atom stereocenters. The average Bonchev–Trinajstić information content (AvgIpc) is 2.02. The van der Waals surface area contributed by atoms with Crippen LogP contribution in [0.25, 0.3) is 0 Å². The highest BCUT2D eigenvalue weighted by atomic mass is 16.3. The standard InChI is InChI=1S/C10H18O2/c1-9(5-7-11)3-4-10(2)6-8-12/h5-6,11-12H,3-4,7-8H2,1-2H3. The van der Waals surface area contributed by atoms with Crippen LogP contribution in [-0.2, 0) is 0 Å². The molecular formula is C10H18O2. The van der Waals surface area contributed by atoms with Gasteiger partial charge in [0.15, 0.2) is 0 Å². The molecule has 0 unspecified atom stereocenters. The van der Waals surface area contributed by atoms with Gasteiger partial charge < -0.3 is 10.2 Å². The minimum absolute atomic E-state index is 0.120. The molecule has 0 spiro atoms. The van der Waals surface area contributed by atoms with Crippen LogP contribution in [0.1, 0.15) is 26.7 Å². The normalized spacial score (nSPS) is 13.7. The summed E-state index contributed by atoms with van der Waals surface area (Å²) in [6, 6.07) is 0. The van der Waals surface area contributed by atoms with Gasteiger partial charge in [-0.25, -0.2) is 0 Å². The Labute approximate surface area is 74.2 Å². The first-order valence-corrected chi connectivity index (χ1v) is 4.23. The van der Waals surface area contributed by atoms with Crippen LogP contribution >= 0.6 is 0 Å². The first kappa shape index (κ1) is 11.4. The van der Waals surface area contributed by atoms with E-state index >= 15 is 0 Å². The summed E-state index contributed by atoms with van der Waals surface area (Å²) >= 11 is 0. The minimum atomic E-state index is 0.120. The van der Waals surface area contributed by atoms with Gasteiger partial charge >= 0.3 is 0 Å². The lowest BCUT2D eigenvalue weighted by Crippen LogP contribution is -1.85. The van der Waals surface area contributed by atoms with Gasteiger partial charge in [-0.05, 0) is 26.7 Å².